The highest BCUT2D eigenvalue weighted by molar-refractivity contribution is 5.65. The Hall–Kier alpha value is -1.82. The molecule has 7 rings (SSSR count). The van der Waals surface area contributed by atoms with Crippen molar-refractivity contribution in [3.05, 3.63) is 48.1 Å². The summed E-state index contributed by atoms with van der Waals surface area (Å²) in [7, 11) is 1.76. The fourth-order valence-corrected chi connectivity index (χ4v) is 8.70. The molecule has 2 heterocycles. The van der Waals surface area contributed by atoms with Gasteiger partial charge in [0.25, 0.3) is 0 Å². The molecule has 0 radical (unpaired) electrons. The molecule has 1 aromatic rings. The fraction of sp³-hybridized carbons (Fsp3) is 0.630. The first-order chi connectivity index (χ1) is 15.3. The summed E-state index contributed by atoms with van der Waals surface area (Å²) >= 11 is 0. The highest BCUT2D eigenvalue weighted by Crippen LogP contribution is 2.75. The van der Waals surface area contributed by atoms with Crippen molar-refractivity contribution in [3.63, 3.8) is 0 Å². The third-order valence-electron chi connectivity index (χ3n) is 9.79. The van der Waals surface area contributed by atoms with Crippen LogP contribution in [0.4, 0.5) is 0 Å². The maximum absolute atomic E-state index is 11.8. The first kappa shape index (κ1) is 20.8. The molecule has 0 aromatic heterocycles. The topological polar surface area (TPSA) is 62.2 Å². The Labute approximate surface area is 190 Å². The van der Waals surface area contributed by atoms with Crippen LogP contribution in [-0.2, 0) is 16.6 Å². The van der Waals surface area contributed by atoms with Gasteiger partial charge in [-0.1, -0.05) is 37.6 Å². The number of aromatic hydroxyl groups is 1. The van der Waals surface area contributed by atoms with Gasteiger partial charge in [0.05, 0.1) is 11.0 Å². The second kappa shape index (κ2) is 6.40. The lowest BCUT2D eigenvalue weighted by molar-refractivity contribution is -0.248. The van der Waals surface area contributed by atoms with Crippen LogP contribution >= 0.6 is 0 Å². The van der Waals surface area contributed by atoms with Gasteiger partial charge in [-0.15, -0.1) is 6.58 Å². The van der Waals surface area contributed by atoms with Crippen LogP contribution in [-0.4, -0.2) is 58.7 Å². The summed E-state index contributed by atoms with van der Waals surface area (Å²) in [6, 6.07) is 4.18. The van der Waals surface area contributed by atoms with Crippen LogP contribution in [0.25, 0.3) is 0 Å². The third-order valence-corrected chi connectivity index (χ3v) is 9.79. The zero-order valence-corrected chi connectivity index (χ0v) is 19.4. The van der Waals surface area contributed by atoms with Crippen molar-refractivity contribution in [2.45, 2.75) is 74.7 Å². The van der Waals surface area contributed by atoms with E-state index in [9.17, 15) is 10.2 Å². The predicted octanol–water partition coefficient (Wildman–Crippen LogP) is 3.72. The molecule has 7 atom stereocenters. The molecule has 4 bridgehead atoms. The first-order valence-corrected chi connectivity index (χ1v) is 12.2. The molecule has 2 fully saturated rings. The van der Waals surface area contributed by atoms with Crippen LogP contribution in [0.1, 0.15) is 50.7 Å². The maximum Gasteiger partial charge on any atom is 0.165 e. The van der Waals surface area contributed by atoms with E-state index in [0.29, 0.717) is 11.8 Å². The van der Waals surface area contributed by atoms with Gasteiger partial charge in [0, 0.05) is 36.6 Å². The van der Waals surface area contributed by atoms with Crippen LogP contribution in [0.3, 0.4) is 0 Å². The van der Waals surface area contributed by atoms with Gasteiger partial charge in [-0.05, 0) is 50.8 Å². The minimum absolute atomic E-state index is 0.0905. The van der Waals surface area contributed by atoms with Gasteiger partial charge in [0.1, 0.15) is 11.7 Å². The van der Waals surface area contributed by atoms with Gasteiger partial charge in [0.15, 0.2) is 11.5 Å². The van der Waals surface area contributed by atoms with Crippen molar-refractivity contribution in [2.75, 3.05) is 20.2 Å². The summed E-state index contributed by atoms with van der Waals surface area (Å²) in [5.74, 6) is 0.776. The van der Waals surface area contributed by atoms with E-state index in [1.165, 1.54) is 11.1 Å². The molecule has 1 saturated carbocycles. The van der Waals surface area contributed by atoms with Crippen LogP contribution in [0.15, 0.2) is 36.9 Å². The Morgan fingerprint density at radius 2 is 2.19 bits per heavy atom. The minimum atomic E-state index is -0.873. The quantitative estimate of drug-likeness (QED) is 0.664. The number of hydrogen-bond donors (Lipinski definition) is 2. The van der Waals surface area contributed by atoms with E-state index in [1.54, 1.807) is 13.2 Å². The van der Waals surface area contributed by atoms with E-state index in [4.69, 9.17) is 9.47 Å². The second-order valence-electron chi connectivity index (χ2n) is 11.0. The van der Waals surface area contributed by atoms with Crippen molar-refractivity contribution in [3.8, 4) is 11.5 Å². The Bertz CT molecular complexity index is 1020. The lowest BCUT2D eigenvalue weighted by Crippen LogP contribution is -2.80. The molecule has 6 aliphatic rings. The van der Waals surface area contributed by atoms with Gasteiger partial charge in [0.2, 0.25) is 0 Å². The van der Waals surface area contributed by atoms with Gasteiger partial charge in [-0.2, -0.15) is 0 Å². The third kappa shape index (κ3) is 2.07. The van der Waals surface area contributed by atoms with Crippen LogP contribution in [0.2, 0.25) is 0 Å². The van der Waals surface area contributed by atoms with E-state index in [0.717, 1.165) is 45.2 Å². The zero-order valence-electron chi connectivity index (χ0n) is 19.4. The van der Waals surface area contributed by atoms with Gasteiger partial charge < -0.3 is 19.7 Å². The standard InChI is InChI=1S/C27H35NO4/c1-5-9-24(3,30)19-16-25-10-11-27(19,31-4)23-26(25)12-14-28(13-6-2)20(25)15-17-7-8-18(29)22(32-23)21(17)26/h6-8,10-11,19-20,23,29-30H,2,5,9,12-16H2,1,3-4H3/t19-,20-,23-,24+,25-,26+,27-/m1/s1. The zero-order chi connectivity index (χ0) is 22.5. The van der Waals surface area contributed by atoms with E-state index in [1.807, 2.05) is 13.0 Å². The lowest BCUT2D eigenvalue weighted by Gasteiger charge is -2.72. The Morgan fingerprint density at radius 3 is 2.91 bits per heavy atom. The number of likely N-dealkylation sites (tertiary alicyclic amines) is 1. The number of piperidine rings is 1. The number of nitrogens with zero attached hydrogens (tertiary/aromatic N) is 1. The molecule has 172 valence electrons. The van der Waals surface area contributed by atoms with E-state index < -0.39 is 11.2 Å². The normalized spacial score (nSPS) is 42.3. The number of phenols is 1. The summed E-state index contributed by atoms with van der Waals surface area (Å²) in [5.41, 5.74) is 0.465. The number of methoxy groups -OCH3 is 1. The summed E-state index contributed by atoms with van der Waals surface area (Å²) < 4.78 is 13.1. The molecule has 0 amide bonds. The average Bonchev–Trinajstić information content (AvgIpc) is 3.14. The van der Waals surface area contributed by atoms with Crippen molar-refractivity contribution >= 4 is 0 Å². The molecule has 0 unspecified atom stereocenters. The van der Waals surface area contributed by atoms with Crippen molar-refractivity contribution in [1.29, 1.82) is 0 Å². The molecule has 4 aliphatic carbocycles. The van der Waals surface area contributed by atoms with Crippen LogP contribution < -0.4 is 4.74 Å². The van der Waals surface area contributed by atoms with Crippen molar-refractivity contribution in [1.82, 2.24) is 4.90 Å². The van der Waals surface area contributed by atoms with Gasteiger partial charge in [-0.25, -0.2) is 0 Å². The molecule has 5 heteroatoms. The van der Waals surface area contributed by atoms with E-state index in [-0.39, 0.29) is 28.6 Å². The Morgan fingerprint density at radius 1 is 1.38 bits per heavy atom. The largest absolute Gasteiger partial charge is 0.504 e. The molecule has 2 N–H and O–H groups in total. The SMILES string of the molecule is C=CCN1CC[C@]23c4c5ccc(O)c4O[C@H]2[C@@]2(OC)C=C[C@@]3(C[C@@H]2[C@@](C)(O)CCC)[C@H]1C5. The molecule has 5 nitrogen and oxygen atoms in total. The van der Waals surface area contributed by atoms with Crippen molar-refractivity contribution in [2.24, 2.45) is 11.3 Å². The number of benzene rings is 1. The smallest absolute Gasteiger partial charge is 0.165 e. The average molecular weight is 438 g/mol. The Balaban J connectivity index is 1.64. The first-order valence-electron chi connectivity index (χ1n) is 12.2. The number of phenolic OH excluding ortho intramolecular Hbond substituents is 1. The van der Waals surface area contributed by atoms with Gasteiger partial charge >= 0.3 is 0 Å². The molecule has 1 aromatic carbocycles. The molecular weight excluding hydrogens is 402 g/mol. The van der Waals surface area contributed by atoms with E-state index in [2.05, 4.69) is 36.6 Å². The summed E-state index contributed by atoms with van der Waals surface area (Å²) in [4.78, 5) is 2.57. The molecule has 32 heavy (non-hydrogen) atoms. The van der Waals surface area contributed by atoms with Gasteiger partial charge in [-0.3, -0.25) is 4.90 Å². The predicted molar refractivity (Wildman–Crippen MR) is 123 cm³/mol. The summed E-state index contributed by atoms with van der Waals surface area (Å²) in [6.45, 7) is 9.95. The fourth-order valence-electron chi connectivity index (χ4n) is 8.70. The maximum atomic E-state index is 11.8. The number of hydrogen-bond acceptors (Lipinski definition) is 5. The number of ether oxygens (including phenoxy) is 2. The minimum Gasteiger partial charge on any atom is -0.504 e. The highest BCUT2D eigenvalue weighted by atomic mass is 16.6. The summed E-state index contributed by atoms with van der Waals surface area (Å²) in [5, 5.41) is 22.6. The molecule has 2 aliphatic heterocycles. The van der Waals surface area contributed by atoms with Crippen LogP contribution in [0.5, 0.6) is 11.5 Å². The number of fused-ring (bicyclic) bond motifs is 1. The number of rotatable bonds is 6. The second-order valence-corrected chi connectivity index (χ2v) is 11.0. The molecule has 1 saturated heterocycles. The number of aliphatic hydroxyl groups is 1. The highest BCUT2D eigenvalue weighted by Gasteiger charge is 2.80. The summed E-state index contributed by atoms with van der Waals surface area (Å²) in [6.07, 6.45) is 10.7. The Kier molecular flexibility index (Phi) is 4.15. The lowest BCUT2D eigenvalue weighted by atomic mass is 9.36. The molecular formula is C27H35NO4. The van der Waals surface area contributed by atoms with E-state index >= 15 is 0 Å². The van der Waals surface area contributed by atoms with Crippen molar-refractivity contribution < 1.29 is 19.7 Å². The molecule has 2 spiro atoms. The van der Waals surface area contributed by atoms with Crippen LogP contribution in [0, 0.1) is 11.3 Å². The monoisotopic (exact) mass is 437 g/mol.